The molecule has 0 bridgehead atoms. The van der Waals surface area contributed by atoms with Gasteiger partial charge in [-0.2, -0.15) is 0 Å². The minimum absolute atomic E-state index is 0.0392. The molecule has 0 radical (unpaired) electrons. The molecule has 0 aliphatic carbocycles. The molecule has 1 aromatic rings. The average Bonchev–Trinajstić information content (AvgIpc) is 2.29. The molecule has 0 fully saturated rings. The second-order valence-corrected chi connectivity index (χ2v) is 4.00. The molecule has 88 valence electrons. The Morgan fingerprint density at radius 3 is 2.44 bits per heavy atom. The first-order valence-electron chi connectivity index (χ1n) is 4.78. The number of Topliss-reactive ketones (excluding diaryl/α,β-unsaturated/α-hetero) is 1. The second kappa shape index (κ2) is 5.86. The first-order valence-corrected chi connectivity index (χ1v) is 5.58. The van der Waals surface area contributed by atoms with Gasteiger partial charge in [0.1, 0.15) is 11.5 Å². The van der Waals surface area contributed by atoms with E-state index in [0.29, 0.717) is 30.0 Å². The summed E-state index contributed by atoms with van der Waals surface area (Å²) in [6.45, 7) is 0.325. The van der Waals surface area contributed by atoms with Crippen LogP contribution in [0.3, 0.4) is 0 Å². The zero-order valence-corrected chi connectivity index (χ0v) is 10.8. The van der Waals surface area contributed by atoms with E-state index >= 15 is 0 Å². The molecule has 0 amide bonds. The number of benzene rings is 1. The maximum atomic E-state index is 11.8. The zero-order chi connectivity index (χ0) is 12.1. The molecule has 1 rings (SSSR count). The Labute approximate surface area is 103 Å². The fourth-order valence-electron chi connectivity index (χ4n) is 1.34. The van der Waals surface area contributed by atoms with E-state index in [4.69, 9.17) is 15.2 Å². The maximum absolute atomic E-state index is 11.8. The summed E-state index contributed by atoms with van der Waals surface area (Å²) in [4.78, 5) is 11.8. The Morgan fingerprint density at radius 1 is 1.31 bits per heavy atom. The van der Waals surface area contributed by atoms with E-state index in [2.05, 4.69) is 15.9 Å². The molecule has 0 unspecified atom stereocenters. The van der Waals surface area contributed by atoms with Crippen LogP contribution in [0.1, 0.15) is 16.8 Å². The van der Waals surface area contributed by atoms with Gasteiger partial charge in [-0.1, -0.05) is 0 Å². The Bertz CT molecular complexity index is 393. The highest BCUT2D eigenvalue weighted by atomic mass is 79.9. The van der Waals surface area contributed by atoms with E-state index in [1.54, 1.807) is 19.2 Å². The first-order chi connectivity index (χ1) is 7.63. The summed E-state index contributed by atoms with van der Waals surface area (Å²) in [6, 6.07) is 3.36. The van der Waals surface area contributed by atoms with Crippen LogP contribution in [0.15, 0.2) is 16.6 Å². The largest absolute Gasteiger partial charge is 0.496 e. The van der Waals surface area contributed by atoms with E-state index in [9.17, 15) is 4.79 Å². The third-order valence-electron chi connectivity index (χ3n) is 2.15. The number of halogens is 1. The average molecular weight is 288 g/mol. The van der Waals surface area contributed by atoms with Gasteiger partial charge >= 0.3 is 0 Å². The number of nitrogens with two attached hydrogens (primary N) is 1. The number of ether oxygens (including phenoxy) is 2. The second-order valence-electron chi connectivity index (χ2n) is 3.15. The number of ketones is 1. The van der Waals surface area contributed by atoms with Gasteiger partial charge in [-0.3, -0.25) is 4.79 Å². The fourth-order valence-corrected chi connectivity index (χ4v) is 1.85. The van der Waals surface area contributed by atoms with Crippen LogP contribution in [0.5, 0.6) is 11.5 Å². The van der Waals surface area contributed by atoms with Crippen molar-refractivity contribution < 1.29 is 14.3 Å². The Balaban J connectivity index is 3.17. The van der Waals surface area contributed by atoms with Crippen LogP contribution in [0, 0.1) is 0 Å². The Hall–Kier alpha value is -1.07. The van der Waals surface area contributed by atoms with E-state index in [1.807, 2.05) is 0 Å². The van der Waals surface area contributed by atoms with E-state index in [-0.39, 0.29) is 5.78 Å². The van der Waals surface area contributed by atoms with Crippen molar-refractivity contribution >= 4 is 21.7 Å². The third-order valence-corrected chi connectivity index (χ3v) is 2.77. The van der Waals surface area contributed by atoms with Gasteiger partial charge in [-0.05, 0) is 28.5 Å². The van der Waals surface area contributed by atoms with Crippen molar-refractivity contribution in [3.63, 3.8) is 0 Å². The quantitative estimate of drug-likeness (QED) is 0.842. The molecule has 0 atom stereocenters. The lowest BCUT2D eigenvalue weighted by molar-refractivity contribution is 0.0982. The molecule has 0 spiro atoms. The van der Waals surface area contributed by atoms with Crippen LogP contribution < -0.4 is 15.2 Å². The molecular formula is C11H14BrNO3. The van der Waals surface area contributed by atoms with E-state index in [1.165, 1.54) is 7.11 Å². The van der Waals surface area contributed by atoms with Crippen molar-refractivity contribution in [3.05, 3.63) is 22.2 Å². The van der Waals surface area contributed by atoms with Gasteiger partial charge in [0.25, 0.3) is 0 Å². The smallest absolute Gasteiger partial charge is 0.167 e. The van der Waals surface area contributed by atoms with Gasteiger partial charge in [0.2, 0.25) is 0 Å². The van der Waals surface area contributed by atoms with E-state index in [0.717, 1.165) is 4.47 Å². The molecular weight excluding hydrogens is 274 g/mol. The highest BCUT2D eigenvalue weighted by molar-refractivity contribution is 9.10. The van der Waals surface area contributed by atoms with Crippen molar-refractivity contribution in [1.82, 2.24) is 0 Å². The van der Waals surface area contributed by atoms with Gasteiger partial charge in [0.15, 0.2) is 5.78 Å². The number of carbonyl (C=O) groups excluding carboxylic acids is 1. The molecule has 5 heteroatoms. The predicted molar refractivity (Wildman–Crippen MR) is 65.2 cm³/mol. The van der Waals surface area contributed by atoms with Crippen LogP contribution in [-0.4, -0.2) is 26.5 Å². The molecule has 2 N–H and O–H groups in total. The highest BCUT2D eigenvalue weighted by Gasteiger charge is 2.15. The molecule has 0 heterocycles. The lowest BCUT2D eigenvalue weighted by Gasteiger charge is -2.11. The van der Waals surface area contributed by atoms with Crippen LogP contribution >= 0.6 is 15.9 Å². The van der Waals surface area contributed by atoms with Crippen molar-refractivity contribution in [1.29, 1.82) is 0 Å². The van der Waals surface area contributed by atoms with Crippen molar-refractivity contribution in [3.8, 4) is 11.5 Å². The summed E-state index contributed by atoms with van der Waals surface area (Å²) < 4.78 is 11.0. The van der Waals surface area contributed by atoms with Gasteiger partial charge in [0.05, 0.1) is 24.3 Å². The van der Waals surface area contributed by atoms with Crippen LogP contribution in [0.2, 0.25) is 0 Å². The maximum Gasteiger partial charge on any atom is 0.167 e. The van der Waals surface area contributed by atoms with Gasteiger partial charge in [0, 0.05) is 12.5 Å². The third kappa shape index (κ3) is 2.74. The van der Waals surface area contributed by atoms with Gasteiger partial charge in [-0.15, -0.1) is 0 Å². The minimum Gasteiger partial charge on any atom is -0.496 e. The number of hydrogen-bond donors (Lipinski definition) is 1. The Kier molecular flexibility index (Phi) is 4.76. The molecule has 0 saturated carbocycles. The van der Waals surface area contributed by atoms with Crippen molar-refractivity contribution in [2.24, 2.45) is 5.73 Å². The molecule has 4 nitrogen and oxygen atoms in total. The monoisotopic (exact) mass is 287 g/mol. The zero-order valence-electron chi connectivity index (χ0n) is 9.25. The molecule has 0 saturated heterocycles. The predicted octanol–water partition coefficient (Wildman–Crippen LogP) is 2.00. The summed E-state index contributed by atoms with van der Waals surface area (Å²) in [5.41, 5.74) is 5.87. The summed E-state index contributed by atoms with van der Waals surface area (Å²) in [5.74, 6) is 1.09. The summed E-state index contributed by atoms with van der Waals surface area (Å²) >= 11 is 3.33. The molecule has 16 heavy (non-hydrogen) atoms. The highest BCUT2D eigenvalue weighted by Crippen LogP contribution is 2.33. The van der Waals surface area contributed by atoms with Crippen LogP contribution in [0.4, 0.5) is 0 Å². The molecule has 0 aliphatic rings. The normalized spacial score (nSPS) is 10.0. The molecule has 1 aromatic carbocycles. The van der Waals surface area contributed by atoms with Crippen LogP contribution in [0.25, 0.3) is 0 Å². The summed E-state index contributed by atoms with van der Waals surface area (Å²) in [5, 5.41) is 0. The van der Waals surface area contributed by atoms with Gasteiger partial charge in [-0.25, -0.2) is 0 Å². The first kappa shape index (κ1) is 13.0. The lowest BCUT2D eigenvalue weighted by Crippen LogP contribution is -2.09. The SMILES string of the molecule is COc1cc(OC)c(C(=O)CCN)cc1Br. The summed E-state index contributed by atoms with van der Waals surface area (Å²) in [6.07, 6.45) is 0.301. The standard InChI is InChI=1S/C11H14BrNO3/c1-15-10-6-11(16-2)8(12)5-7(10)9(14)3-4-13/h5-6H,3-4,13H2,1-2H3. The fraction of sp³-hybridized carbons (Fsp3) is 0.364. The van der Waals surface area contributed by atoms with Crippen molar-refractivity contribution in [2.75, 3.05) is 20.8 Å². The minimum atomic E-state index is -0.0392. The molecule has 0 aromatic heterocycles. The van der Waals surface area contributed by atoms with Gasteiger partial charge < -0.3 is 15.2 Å². The topological polar surface area (TPSA) is 61.5 Å². The number of carbonyl (C=O) groups is 1. The number of rotatable bonds is 5. The lowest BCUT2D eigenvalue weighted by atomic mass is 10.1. The Morgan fingerprint density at radius 2 is 1.94 bits per heavy atom. The number of methoxy groups -OCH3 is 2. The van der Waals surface area contributed by atoms with E-state index < -0.39 is 0 Å². The summed E-state index contributed by atoms with van der Waals surface area (Å²) in [7, 11) is 3.07. The van der Waals surface area contributed by atoms with Crippen LogP contribution in [-0.2, 0) is 0 Å². The molecule has 0 aliphatic heterocycles. The number of hydrogen-bond acceptors (Lipinski definition) is 4. The van der Waals surface area contributed by atoms with Crippen molar-refractivity contribution in [2.45, 2.75) is 6.42 Å².